The van der Waals surface area contributed by atoms with Crippen LogP contribution in [0.15, 0.2) is 23.7 Å². The van der Waals surface area contributed by atoms with E-state index in [1.807, 2.05) is 27.7 Å². The third kappa shape index (κ3) is 4.64. The summed E-state index contributed by atoms with van der Waals surface area (Å²) < 4.78 is 25.7. The average Bonchev–Trinajstić information content (AvgIpc) is 2.72. The molecule has 0 saturated carbocycles. The van der Waals surface area contributed by atoms with Crippen molar-refractivity contribution in [2.45, 2.75) is 52.7 Å². The Morgan fingerprint density at radius 2 is 1.73 bits per heavy atom. The molecule has 1 aromatic rings. The highest BCUT2D eigenvalue weighted by atomic mass is 32.2. The van der Waals surface area contributed by atoms with Crippen LogP contribution >= 0.6 is 11.8 Å². The van der Waals surface area contributed by atoms with Gasteiger partial charge < -0.3 is 9.31 Å². The van der Waals surface area contributed by atoms with Gasteiger partial charge in [-0.15, -0.1) is 0 Å². The topological polar surface area (TPSA) is 52.6 Å². The van der Waals surface area contributed by atoms with E-state index in [4.69, 9.17) is 9.31 Å². The molecule has 1 saturated heterocycles. The van der Waals surface area contributed by atoms with Crippen molar-refractivity contribution in [3.8, 4) is 0 Å². The van der Waals surface area contributed by atoms with Crippen molar-refractivity contribution in [1.29, 1.82) is 0 Å². The van der Waals surface area contributed by atoms with Gasteiger partial charge in [0.05, 0.1) is 11.2 Å². The number of thioether (sulfide) groups is 1. The minimum atomic E-state index is -0.642. The highest BCUT2D eigenvalue weighted by molar-refractivity contribution is 8.13. The molecule has 26 heavy (non-hydrogen) atoms. The molecule has 0 amide bonds. The van der Waals surface area contributed by atoms with Crippen molar-refractivity contribution < 1.29 is 23.3 Å². The summed E-state index contributed by atoms with van der Waals surface area (Å²) in [5.41, 5.74) is 0.533. The van der Waals surface area contributed by atoms with Gasteiger partial charge in [0, 0.05) is 18.2 Å². The van der Waals surface area contributed by atoms with Gasteiger partial charge in [0.1, 0.15) is 5.82 Å². The number of benzene rings is 1. The van der Waals surface area contributed by atoms with E-state index < -0.39 is 24.1 Å². The Balaban J connectivity index is 2.45. The van der Waals surface area contributed by atoms with Crippen LogP contribution in [0, 0.1) is 5.82 Å². The first kappa shape index (κ1) is 20.9. The molecule has 0 radical (unpaired) electrons. The molecular weight excluding hydrogens is 354 g/mol. The monoisotopic (exact) mass is 378 g/mol. The van der Waals surface area contributed by atoms with Crippen LogP contribution in [-0.4, -0.2) is 35.0 Å². The first-order valence-corrected chi connectivity index (χ1v) is 9.41. The van der Waals surface area contributed by atoms with Crippen molar-refractivity contribution in [1.82, 2.24) is 0 Å². The fourth-order valence-electron chi connectivity index (χ4n) is 2.52. The third-order valence-electron chi connectivity index (χ3n) is 4.73. The van der Waals surface area contributed by atoms with Gasteiger partial charge in [-0.25, -0.2) is 4.39 Å². The van der Waals surface area contributed by atoms with Crippen LogP contribution in [0.25, 0.3) is 6.08 Å². The van der Waals surface area contributed by atoms with Gasteiger partial charge in [0.2, 0.25) is 0 Å². The molecule has 0 atom stereocenters. The molecule has 0 spiro atoms. The SMILES string of the molecule is CC(=O)SCC(=Cc1ccc(F)cc1C(C)=O)B1OC(C)(C)C(C)(C)O1. The molecule has 2 rings (SSSR count). The minimum absolute atomic E-state index is 0.0293. The quantitative estimate of drug-likeness (QED) is 0.564. The largest absolute Gasteiger partial charge is 0.491 e. The maximum atomic E-state index is 13.5. The van der Waals surface area contributed by atoms with Gasteiger partial charge in [-0.3, -0.25) is 9.59 Å². The summed E-state index contributed by atoms with van der Waals surface area (Å²) in [7, 11) is -0.642. The van der Waals surface area contributed by atoms with Crippen molar-refractivity contribution in [2.24, 2.45) is 0 Å². The molecule has 0 aromatic heterocycles. The average molecular weight is 378 g/mol. The van der Waals surface area contributed by atoms with Gasteiger partial charge in [0.15, 0.2) is 10.9 Å². The molecule has 1 fully saturated rings. The number of rotatable bonds is 5. The van der Waals surface area contributed by atoms with Gasteiger partial charge in [0.25, 0.3) is 0 Å². The molecule has 0 bridgehead atoms. The molecule has 1 aromatic carbocycles. The molecule has 4 nitrogen and oxygen atoms in total. The smallest absolute Gasteiger partial charge is 0.400 e. The molecule has 7 heteroatoms. The van der Waals surface area contributed by atoms with Gasteiger partial charge in [-0.1, -0.05) is 23.9 Å². The van der Waals surface area contributed by atoms with Crippen molar-refractivity contribution in [3.05, 3.63) is 40.6 Å². The maximum absolute atomic E-state index is 13.5. The molecule has 140 valence electrons. The van der Waals surface area contributed by atoms with Gasteiger partial charge >= 0.3 is 7.12 Å². The Morgan fingerprint density at radius 3 is 2.23 bits per heavy atom. The number of carbonyl (C=O) groups is 2. The zero-order valence-electron chi connectivity index (χ0n) is 16.0. The zero-order chi connectivity index (χ0) is 19.7. The van der Waals surface area contributed by atoms with Gasteiger partial charge in [-0.05, 0) is 57.8 Å². The second-order valence-electron chi connectivity index (χ2n) is 7.38. The lowest BCUT2D eigenvalue weighted by Gasteiger charge is -2.32. The van der Waals surface area contributed by atoms with E-state index in [0.717, 1.165) is 17.2 Å². The van der Waals surface area contributed by atoms with Crippen LogP contribution in [0.4, 0.5) is 4.39 Å². The Labute approximate surface area is 158 Å². The number of carbonyl (C=O) groups excluding carboxylic acids is 2. The van der Waals surface area contributed by atoms with E-state index in [9.17, 15) is 14.0 Å². The number of ketones is 1. The first-order valence-electron chi connectivity index (χ1n) is 8.43. The number of hydrogen-bond acceptors (Lipinski definition) is 5. The Kier molecular flexibility index (Phi) is 6.15. The normalized spacial score (nSPS) is 18.9. The van der Waals surface area contributed by atoms with E-state index in [1.54, 1.807) is 12.1 Å². The van der Waals surface area contributed by atoms with Crippen molar-refractivity contribution >= 4 is 35.9 Å². The molecule has 0 N–H and O–H groups in total. The summed E-state index contributed by atoms with van der Waals surface area (Å²) >= 11 is 1.14. The van der Waals surface area contributed by atoms with Crippen LogP contribution in [0.2, 0.25) is 0 Å². The van der Waals surface area contributed by atoms with Crippen LogP contribution in [0.3, 0.4) is 0 Å². The number of Topliss-reactive ketones (excluding diaryl/α,β-unsaturated/α-hetero) is 1. The minimum Gasteiger partial charge on any atom is -0.400 e. The van der Waals surface area contributed by atoms with E-state index in [0.29, 0.717) is 11.3 Å². The lowest BCUT2D eigenvalue weighted by molar-refractivity contribution is -0.109. The molecule has 1 aliphatic rings. The van der Waals surface area contributed by atoms with Crippen molar-refractivity contribution in [3.63, 3.8) is 0 Å². The van der Waals surface area contributed by atoms with Crippen molar-refractivity contribution in [2.75, 3.05) is 5.75 Å². The lowest BCUT2D eigenvalue weighted by Crippen LogP contribution is -2.41. The van der Waals surface area contributed by atoms with Crippen LogP contribution < -0.4 is 0 Å². The van der Waals surface area contributed by atoms with Crippen LogP contribution in [-0.2, 0) is 14.1 Å². The highest BCUT2D eigenvalue weighted by Gasteiger charge is 2.52. The van der Waals surface area contributed by atoms with E-state index in [2.05, 4.69) is 0 Å². The fraction of sp³-hybridized carbons (Fsp3) is 0.474. The lowest BCUT2D eigenvalue weighted by atomic mass is 9.78. The second kappa shape index (κ2) is 7.67. The maximum Gasteiger partial charge on any atom is 0.491 e. The number of hydrogen-bond donors (Lipinski definition) is 0. The molecule has 1 heterocycles. The summed E-state index contributed by atoms with van der Waals surface area (Å²) in [5, 5.41) is -0.0293. The predicted molar refractivity (Wildman–Crippen MR) is 104 cm³/mol. The van der Waals surface area contributed by atoms with E-state index in [1.165, 1.54) is 26.0 Å². The summed E-state index contributed by atoms with van der Waals surface area (Å²) in [6.45, 7) is 10.7. The predicted octanol–water partition coefficient (Wildman–Crippen LogP) is 4.32. The zero-order valence-corrected chi connectivity index (χ0v) is 16.8. The number of halogens is 1. The third-order valence-corrected chi connectivity index (χ3v) is 5.62. The molecule has 1 aliphatic heterocycles. The van der Waals surface area contributed by atoms with Crippen LogP contribution in [0.5, 0.6) is 0 Å². The highest BCUT2D eigenvalue weighted by Crippen LogP contribution is 2.39. The fourth-order valence-corrected chi connectivity index (χ4v) is 3.11. The summed E-state index contributed by atoms with van der Waals surface area (Å²) in [6.07, 6.45) is 1.76. The van der Waals surface area contributed by atoms with E-state index in [-0.39, 0.29) is 16.5 Å². The Bertz CT molecular complexity index is 742. The van der Waals surface area contributed by atoms with E-state index >= 15 is 0 Å². The van der Waals surface area contributed by atoms with Crippen LogP contribution in [0.1, 0.15) is 57.5 Å². The first-order chi connectivity index (χ1) is 11.9. The molecule has 0 aliphatic carbocycles. The summed E-state index contributed by atoms with van der Waals surface area (Å²) in [6, 6.07) is 4.07. The second-order valence-corrected chi connectivity index (χ2v) is 8.53. The standard InChI is InChI=1S/C19H24BFO4S/c1-12(22)17-10-16(21)8-7-14(17)9-15(11-26-13(2)23)20-24-18(3,4)19(5,6)25-20/h7-10H,11H2,1-6H3. The summed E-state index contributed by atoms with van der Waals surface area (Å²) in [4.78, 5) is 23.3. The Hall–Kier alpha value is -1.44. The summed E-state index contributed by atoms with van der Waals surface area (Å²) in [5.74, 6) is -0.341. The van der Waals surface area contributed by atoms with Gasteiger partial charge in [-0.2, -0.15) is 0 Å². The molecule has 0 unspecified atom stereocenters. The molecular formula is C19H24BFO4S. The Morgan fingerprint density at radius 1 is 1.15 bits per heavy atom.